The van der Waals surface area contributed by atoms with Crippen LogP contribution in [0, 0.1) is 12.8 Å². The molecule has 2 N–H and O–H groups in total. The summed E-state index contributed by atoms with van der Waals surface area (Å²) < 4.78 is 6.47. The molecule has 0 aromatic heterocycles. The maximum Gasteiger partial charge on any atom is 0.0976 e. The quantitative estimate of drug-likeness (QED) is 0.866. The third-order valence-electron chi connectivity index (χ3n) is 4.53. The molecule has 0 amide bonds. The van der Waals surface area contributed by atoms with Crippen LogP contribution in [0.1, 0.15) is 63.2 Å². The summed E-state index contributed by atoms with van der Waals surface area (Å²) in [6, 6.07) is 8.60. The first kappa shape index (κ1) is 15.5. The first-order valence-corrected chi connectivity index (χ1v) is 8.09. The van der Waals surface area contributed by atoms with Crippen LogP contribution in [0.15, 0.2) is 24.3 Å². The first-order chi connectivity index (χ1) is 9.61. The van der Waals surface area contributed by atoms with Crippen molar-refractivity contribution in [3.05, 3.63) is 35.4 Å². The topological polar surface area (TPSA) is 35.2 Å². The van der Waals surface area contributed by atoms with Crippen molar-refractivity contribution in [3.63, 3.8) is 0 Å². The number of hydrogen-bond acceptors (Lipinski definition) is 2. The number of hydrogen-bond donors (Lipinski definition) is 1. The molecule has 2 nitrogen and oxygen atoms in total. The van der Waals surface area contributed by atoms with E-state index in [9.17, 15) is 0 Å². The van der Waals surface area contributed by atoms with Gasteiger partial charge in [0.15, 0.2) is 0 Å². The Morgan fingerprint density at radius 1 is 1.30 bits per heavy atom. The molecule has 4 atom stereocenters. The second-order valence-electron chi connectivity index (χ2n) is 6.32. The van der Waals surface area contributed by atoms with Gasteiger partial charge in [0.25, 0.3) is 0 Å². The van der Waals surface area contributed by atoms with Gasteiger partial charge in [-0.05, 0) is 38.2 Å². The maximum atomic E-state index is 6.47. The highest BCUT2D eigenvalue weighted by Crippen LogP contribution is 2.34. The Morgan fingerprint density at radius 2 is 2.05 bits per heavy atom. The number of benzene rings is 1. The normalized spacial score (nSPS) is 26.2. The van der Waals surface area contributed by atoms with Crippen molar-refractivity contribution in [2.75, 3.05) is 0 Å². The van der Waals surface area contributed by atoms with Crippen molar-refractivity contribution in [2.45, 2.75) is 71.1 Å². The minimum atomic E-state index is 0.0204. The van der Waals surface area contributed by atoms with Gasteiger partial charge in [-0.25, -0.2) is 0 Å². The predicted octanol–water partition coefficient (Wildman–Crippen LogP) is 4.37. The summed E-state index contributed by atoms with van der Waals surface area (Å²) in [4.78, 5) is 0. The van der Waals surface area contributed by atoms with E-state index in [1.807, 2.05) is 0 Å². The summed E-state index contributed by atoms with van der Waals surface area (Å²) in [6.45, 7) is 6.45. The van der Waals surface area contributed by atoms with Gasteiger partial charge in [0.05, 0.1) is 12.2 Å². The summed E-state index contributed by atoms with van der Waals surface area (Å²) in [5.41, 5.74) is 8.69. The van der Waals surface area contributed by atoms with Crippen molar-refractivity contribution < 1.29 is 4.74 Å². The Hall–Kier alpha value is -0.860. The summed E-state index contributed by atoms with van der Waals surface area (Å²) in [5.74, 6) is 0.704. The van der Waals surface area contributed by atoms with Gasteiger partial charge in [0, 0.05) is 6.04 Å². The van der Waals surface area contributed by atoms with E-state index < -0.39 is 0 Å². The van der Waals surface area contributed by atoms with Crippen LogP contribution in [-0.2, 0) is 4.74 Å². The first-order valence-electron chi connectivity index (χ1n) is 8.09. The molecule has 1 aromatic carbocycles. The summed E-state index contributed by atoms with van der Waals surface area (Å²) in [6.07, 6.45) is 6.75. The van der Waals surface area contributed by atoms with Crippen LogP contribution in [0.25, 0.3) is 0 Å². The van der Waals surface area contributed by atoms with E-state index in [0.717, 1.165) is 0 Å². The van der Waals surface area contributed by atoms with Crippen molar-refractivity contribution in [1.29, 1.82) is 0 Å². The van der Waals surface area contributed by atoms with Crippen molar-refractivity contribution in [2.24, 2.45) is 11.7 Å². The number of nitrogens with two attached hydrogens (primary N) is 1. The molecule has 1 aliphatic carbocycles. The third kappa shape index (κ3) is 3.83. The van der Waals surface area contributed by atoms with Gasteiger partial charge in [-0.15, -0.1) is 0 Å². The molecule has 20 heavy (non-hydrogen) atoms. The lowest BCUT2D eigenvalue weighted by atomic mass is 9.84. The minimum absolute atomic E-state index is 0.0204. The van der Waals surface area contributed by atoms with Crippen LogP contribution in [0.5, 0.6) is 0 Å². The highest BCUT2D eigenvalue weighted by molar-refractivity contribution is 5.25. The predicted molar refractivity (Wildman–Crippen MR) is 84.7 cm³/mol. The molecule has 2 heteroatoms. The number of ether oxygens (including phenoxy) is 1. The van der Waals surface area contributed by atoms with E-state index in [1.54, 1.807) is 0 Å². The smallest absolute Gasteiger partial charge is 0.0976 e. The number of aryl methyl sites for hydroxylation is 1. The Morgan fingerprint density at radius 3 is 2.70 bits per heavy atom. The molecule has 1 saturated carbocycles. The fraction of sp³-hybridized carbons (Fsp3) is 0.667. The highest BCUT2D eigenvalue weighted by Gasteiger charge is 2.29. The molecule has 2 rings (SSSR count). The van der Waals surface area contributed by atoms with Crippen molar-refractivity contribution in [1.82, 2.24) is 0 Å². The van der Waals surface area contributed by atoms with Crippen molar-refractivity contribution in [3.8, 4) is 0 Å². The molecule has 1 aromatic rings. The lowest BCUT2D eigenvalue weighted by Gasteiger charge is -2.35. The van der Waals surface area contributed by atoms with Crippen molar-refractivity contribution >= 4 is 0 Å². The zero-order chi connectivity index (χ0) is 14.5. The van der Waals surface area contributed by atoms with Crippen LogP contribution < -0.4 is 5.73 Å². The van der Waals surface area contributed by atoms with Gasteiger partial charge in [0.1, 0.15) is 0 Å². The van der Waals surface area contributed by atoms with E-state index >= 15 is 0 Å². The van der Waals surface area contributed by atoms with Crippen LogP contribution in [0.3, 0.4) is 0 Å². The van der Waals surface area contributed by atoms with E-state index in [4.69, 9.17) is 10.5 Å². The summed E-state index contributed by atoms with van der Waals surface area (Å²) in [7, 11) is 0. The Balaban J connectivity index is 2.13. The van der Waals surface area contributed by atoms with Gasteiger partial charge >= 0.3 is 0 Å². The molecule has 0 bridgehead atoms. The van der Waals surface area contributed by atoms with Gasteiger partial charge in [-0.2, -0.15) is 0 Å². The summed E-state index contributed by atoms with van der Waals surface area (Å²) >= 11 is 0. The van der Waals surface area contributed by atoms with E-state index in [-0.39, 0.29) is 12.1 Å². The lowest BCUT2D eigenvalue weighted by molar-refractivity contribution is -0.0701. The monoisotopic (exact) mass is 275 g/mol. The third-order valence-corrected chi connectivity index (χ3v) is 4.53. The lowest BCUT2D eigenvalue weighted by Crippen LogP contribution is -2.35. The second kappa shape index (κ2) is 7.24. The molecular formula is C18H29NO. The molecule has 112 valence electrons. The average Bonchev–Trinajstić information content (AvgIpc) is 2.44. The van der Waals surface area contributed by atoms with Gasteiger partial charge < -0.3 is 10.5 Å². The molecule has 0 aliphatic heterocycles. The molecule has 0 saturated heterocycles. The molecule has 1 aliphatic rings. The minimum Gasteiger partial charge on any atom is -0.368 e. The molecule has 1 fully saturated rings. The summed E-state index contributed by atoms with van der Waals surface area (Å²) in [5, 5.41) is 0. The van der Waals surface area contributed by atoms with Gasteiger partial charge in [0.2, 0.25) is 0 Å². The zero-order valence-corrected chi connectivity index (χ0v) is 13.1. The Bertz CT molecular complexity index is 416. The van der Waals surface area contributed by atoms with E-state index in [1.165, 1.54) is 43.2 Å². The second-order valence-corrected chi connectivity index (χ2v) is 6.32. The van der Waals surface area contributed by atoms with Gasteiger partial charge in [-0.1, -0.05) is 56.0 Å². The Kier molecular flexibility index (Phi) is 5.62. The van der Waals surface area contributed by atoms with E-state index in [0.29, 0.717) is 12.0 Å². The zero-order valence-electron chi connectivity index (χ0n) is 13.1. The Labute approximate surface area is 123 Å². The van der Waals surface area contributed by atoms with Crippen LogP contribution in [0.4, 0.5) is 0 Å². The molecule has 0 heterocycles. The fourth-order valence-electron chi connectivity index (χ4n) is 3.36. The molecular weight excluding hydrogens is 246 g/mol. The molecule has 4 unspecified atom stereocenters. The largest absolute Gasteiger partial charge is 0.368 e. The molecule has 0 radical (unpaired) electrons. The standard InChI is InChI=1S/C18H29NO/c1-4-15-9-5-6-11-17(15)20-18(14(3)19)16-10-7-8-13(2)12-16/h7-8,10,12,14-15,17-18H,4-6,9,11,19H2,1-3H3. The van der Waals surface area contributed by atoms with Gasteiger partial charge in [-0.3, -0.25) is 0 Å². The van der Waals surface area contributed by atoms with Crippen LogP contribution in [-0.4, -0.2) is 12.1 Å². The maximum absolute atomic E-state index is 6.47. The average molecular weight is 275 g/mol. The van der Waals surface area contributed by atoms with Crippen LogP contribution in [0.2, 0.25) is 0 Å². The fourth-order valence-corrected chi connectivity index (χ4v) is 3.36. The molecule has 0 spiro atoms. The van der Waals surface area contributed by atoms with Crippen LogP contribution >= 0.6 is 0 Å². The van der Waals surface area contributed by atoms with E-state index in [2.05, 4.69) is 45.0 Å². The number of rotatable bonds is 5. The SMILES string of the molecule is CCC1CCCCC1OC(c1cccc(C)c1)C(C)N. The highest BCUT2D eigenvalue weighted by atomic mass is 16.5.